The van der Waals surface area contributed by atoms with Crippen molar-refractivity contribution in [3.63, 3.8) is 0 Å². The number of hydrogen-bond donors (Lipinski definition) is 1. The number of benzene rings is 2. The van der Waals surface area contributed by atoms with Crippen LogP contribution in [0, 0.1) is 0 Å². The van der Waals surface area contributed by atoms with Crippen LogP contribution in [0.15, 0.2) is 59.5 Å². The van der Waals surface area contributed by atoms with Crippen LogP contribution in [0.5, 0.6) is 0 Å². The van der Waals surface area contributed by atoms with Crippen molar-refractivity contribution >= 4 is 15.7 Å². The van der Waals surface area contributed by atoms with Gasteiger partial charge in [0.05, 0.1) is 4.90 Å². The Balaban J connectivity index is 2.02. The second-order valence-corrected chi connectivity index (χ2v) is 7.13. The van der Waals surface area contributed by atoms with E-state index in [1.165, 1.54) is 24.0 Å². The van der Waals surface area contributed by atoms with E-state index in [9.17, 15) is 8.42 Å². The summed E-state index contributed by atoms with van der Waals surface area (Å²) in [5.41, 5.74) is 2.07. The Labute approximate surface area is 126 Å². The summed E-state index contributed by atoms with van der Waals surface area (Å²) in [6, 6.07) is 17.1. The van der Waals surface area contributed by atoms with Crippen LogP contribution in [-0.4, -0.2) is 33.4 Å². The summed E-state index contributed by atoms with van der Waals surface area (Å²) in [5.74, 6) is 0. The molecule has 0 amide bonds. The van der Waals surface area contributed by atoms with E-state index in [0.29, 0.717) is 4.90 Å². The molecule has 0 spiro atoms. The van der Waals surface area contributed by atoms with E-state index in [1.807, 2.05) is 24.3 Å². The van der Waals surface area contributed by atoms with Crippen LogP contribution in [0.1, 0.15) is 5.56 Å². The number of hydrogen-bond acceptors (Lipinski definition) is 3. The first-order valence-corrected chi connectivity index (χ1v) is 8.24. The third-order valence-corrected chi connectivity index (χ3v) is 5.01. The molecule has 5 heteroatoms. The van der Waals surface area contributed by atoms with Crippen LogP contribution in [0.3, 0.4) is 0 Å². The molecule has 0 aliphatic rings. The molecule has 0 aromatic heterocycles. The first kappa shape index (κ1) is 15.5. The van der Waals surface area contributed by atoms with Crippen molar-refractivity contribution in [2.75, 3.05) is 26.0 Å². The van der Waals surface area contributed by atoms with Gasteiger partial charge in [-0.2, -0.15) is 0 Å². The lowest BCUT2D eigenvalue weighted by atomic mass is 10.1. The molecule has 0 aliphatic carbocycles. The van der Waals surface area contributed by atoms with Gasteiger partial charge in [0, 0.05) is 26.3 Å². The van der Waals surface area contributed by atoms with E-state index in [0.717, 1.165) is 18.7 Å². The summed E-state index contributed by atoms with van der Waals surface area (Å²) < 4.78 is 25.4. The number of sulfonamides is 1. The predicted octanol–water partition coefficient (Wildman–Crippen LogP) is 2.59. The normalized spacial score (nSPS) is 11.6. The van der Waals surface area contributed by atoms with Gasteiger partial charge in [0.2, 0.25) is 10.0 Å². The number of anilines is 1. The zero-order valence-corrected chi connectivity index (χ0v) is 13.1. The molecule has 21 heavy (non-hydrogen) atoms. The third kappa shape index (κ3) is 4.06. The van der Waals surface area contributed by atoms with Gasteiger partial charge in [-0.3, -0.25) is 0 Å². The highest BCUT2D eigenvalue weighted by molar-refractivity contribution is 7.89. The van der Waals surface area contributed by atoms with E-state index in [-0.39, 0.29) is 0 Å². The molecule has 2 rings (SSSR count). The van der Waals surface area contributed by atoms with E-state index >= 15 is 0 Å². The molecule has 0 atom stereocenters. The summed E-state index contributed by atoms with van der Waals surface area (Å²) in [7, 11) is -0.318. The SMILES string of the molecule is CN(C)S(=O)(=O)c1cccc(NCCc2ccccc2)c1. The van der Waals surface area contributed by atoms with Crippen molar-refractivity contribution in [3.8, 4) is 0 Å². The van der Waals surface area contributed by atoms with Gasteiger partial charge in [0.25, 0.3) is 0 Å². The molecule has 0 fully saturated rings. The number of nitrogens with zero attached hydrogens (tertiary/aromatic N) is 1. The molecule has 0 saturated heterocycles. The monoisotopic (exact) mass is 304 g/mol. The summed E-state index contributed by atoms with van der Waals surface area (Å²) in [4.78, 5) is 0.303. The van der Waals surface area contributed by atoms with Gasteiger partial charge >= 0.3 is 0 Å². The summed E-state index contributed by atoms with van der Waals surface area (Å²) in [6.45, 7) is 0.759. The third-order valence-electron chi connectivity index (χ3n) is 3.20. The largest absolute Gasteiger partial charge is 0.385 e. The summed E-state index contributed by atoms with van der Waals surface area (Å²) >= 11 is 0. The van der Waals surface area contributed by atoms with Crippen LogP contribution >= 0.6 is 0 Å². The second kappa shape index (κ2) is 6.74. The standard InChI is InChI=1S/C16H20N2O2S/c1-18(2)21(19,20)16-10-6-9-15(13-16)17-12-11-14-7-4-3-5-8-14/h3-10,13,17H,11-12H2,1-2H3. The zero-order valence-electron chi connectivity index (χ0n) is 12.3. The highest BCUT2D eigenvalue weighted by Crippen LogP contribution is 2.17. The summed E-state index contributed by atoms with van der Waals surface area (Å²) in [5, 5.41) is 3.26. The van der Waals surface area contributed by atoms with Crippen molar-refractivity contribution in [2.45, 2.75) is 11.3 Å². The van der Waals surface area contributed by atoms with Gasteiger partial charge in [0.15, 0.2) is 0 Å². The van der Waals surface area contributed by atoms with Crippen molar-refractivity contribution in [2.24, 2.45) is 0 Å². The number of nitrogens with one attached hydrogen (secondary N) is 1. The lowest BCUT2D eigenvalue weighted by molar-refractivity contribution is 0.521. The fourth-order valence-corrected chi connectivity index (χ4v) is 2.92. The molecule has 2 aromatic rings. The van der Waals surface area contributed by atoms with Crippen molar-refractivity contribution in [1.82, 2.24) is 4.31 Å². The van der Waals surface area contributed by atoms with Crippen LogP contribution in [0.25, 0.3) is 0 Å². The van der Waals surface area contributed by atoms with Crippen LogP contribution in [-0.2, 0) is 16.4 Å². The van der Waals surface area contributed by atoms with Crippen molar-refractivity contribution < 1.29 is 8.42 Å². The zero-order chi connectivity index (χ0) is 15.3. The van der Waals surface area contributed by atoms with Crippen LogP contribution < -0.4 is 5.32 Å². The fourth-order valence-electron chi connectivity index (χ4n) is 1.97. The molecule has 1 N–H and O–H groups in total. The van der Waals surface area contributed by atoms with Gasteiger partial charge in [-0.25, -0.2) is 12.7 Å². The maximum Gasteiger partial charge on any atom is 0.242 e. The Hall–Kier alpha value is -1.85. The number of rotatable bonds is 6. The Morgan fingerprint density at radius 2 is 1.71 bits per heavy atom. The molecule has 0 radical (unpaired) electrons. The van der Waals surface area contributed by atoms with Crippen molar-refractivity contribution in [1.29, 1.82) is 0 Å². The van der Waals surface area contributed by atoms with Gasteiger partial charge < -0.3 is 5.32 Å². The topological polar surface area (TPSA) is 49.4 Å². The minimum absolute atomic E-state index is 0.303. The molecule has 0 aliphatic heterocycles. The molecule has 0 heterocycles. The second-order valence-electron chi connectivity index (χ2n) is 4.98. The maximum absolute atomic E-state index is 12.1. The fraction of sp³-hybridized carbons (Fsp3) is 0.250. The molecule has 0 unspecified atom stereocenters. The van der Waals surface area contributed by atoms with Gasteiger partial charge in [-0.1, -0.05) is 36.4 Å². The van der Waals surface area contributed by atoms with E-state index in [4.69, 9.17) is 0 Å². The lowest BCUT2D eigenvalue weighted by Crippen LogP contribution is -2.22. The molecular formula is C16H20N2O2S. The van der Waals surface area contributed by atoms with E-state index in [1.54, 1.807) is 18.2 Å². The molecule has 2 aromatic carbocycles. The lowest BCUT2D eigenvalue weighted by Gasteiger charge is -2.13. The molecule has 0 saturated carbocycles. The molecule has 0 bridgehead atoms. The first-order chi connectivity index (χ1) is 10.00. The van der Waals surface area contributed by atoms with E-state index in [2.05, 4.69) is 17.4 Å². The Morgan fingerprint density at radius 1 is 1.00 bits per heavy atom. The highest BCUT2D eigenvalue weighted by Gasteiger charge is 2.16. The first-order valence-electron chi connectivity index (χ1n) is 6.80. The molecular weight excluding hydrogens is 284 g/mol. The molecule has 4 nitrogen and oxygen atoms in total. The average molecular weight is 304 g/mol. The Bertz CT molecular complexity index is 682. The Morgan fingerprint density at radius 3 is 2.38 bits per heavy atom. The highest BCUT2D eigenvalue weighted by atomic mass is 32.2. The maximum atomic E-state index is 12.1. The molecule has 112 valence electrons. The predicted molar refractivity (Wildman–Crippen MR) is 86.0 cm³/mol. The van der Waals surface area contributed by atoms with Gasteiger partial charge in [-0.05, 0) is 30.2 Å². The van der Waals surface area contributed by atoms with Crippen LogP contribution in [0.4, 0.5) is 5.69 Å². The minimum atomic E-state index is -3.38. The van der Waals surface area contributed by atoms with E-state index < -0.39 is 10.0 Å². The Kier molecular flexibility index (Phi) is 4.98. The average Bonchev–Trinajstić information content (AvgIpc) is 2.48. The van der Waals surface area contributed by atoms with Gasteiger partial charge in [-0.15, -0.1) is 0 Å². The van der Waals surface area contributed by atoms with Crippen LogP contribution in [0.2, 0.25) is 0 Å². The van der Waals surface area contributed by atoms with Gasteiger partial charge in [0.1, 0.15) is 0 Å². The quantitative estimate of drug-likeness (QED) is 0.892. The minimum Gasteiger partial charge on any atom is -0.385 e. The smallest absolute Gasteiger partial charge is 0.242 e. The van der Waals surface area contributed by atoms with Crippen molar-refractivity contribution in [3.05, 3.63) is 60.2 Å². The summed E-state index contributed by atoms with van der Waals surface area (Å²) in [6.07, 6.45) is 0.894.